The number of hydrogen-bond donors (Lipinski definition) is 2. The third-order valence-electron chi connectivity index (χ3n) is 3.02. The standard InChI is InChI=1S/C17H23N5O3S/c1-17(2,3)25-16(24)21-15-20-10-12(26-15)9-19-13-8-11(6-7-18-13)14(23)22(4)5/h6-8,10H,9H2,1-5H3,(H,18,19)(H,20,21,24). The van der Waals surface area contributed by atoms with Gasteiger partial charge in [-0.3, -0.25) is 10.1 Å². The molecule has 8 nitrogen and oxygen atoms in total. The van der Waals surface area contributed by atoms with Gasteiger partial charge in [-0.15, -0.1) is 0 Å². The Bertz CT molecular complexity index is 783. The van der Waals surface area contributed by atoms with Gasteiger partial charge >= 0.3 is 6.09 Å². The van der Waals surface area contributed by atoms with Crippen LogP contribution in [0, 0.1) is 0 Å². The zero-order valence-electron chi connectivity index (χ0n) is 15.5. The molecule has 2 rings (SSSR count). The van der Waals surface area contributed by atoms with Gasteiger partial charge in [-0.1, -0.05) is 11.3 Å². The van der Waals surface area contributed by atoms with E-state index in [4.69, 9.17) is 4.74 Å². The summed E-state index contributed by atoms with van der Waals surface area (Å²) < 4.78 is 5.19. The van der Waals surface area contributed by atoms with Crippen LogP contribution in [0.15, 0.2) is 24.5 Å². The van der Waals surface area contributed by atoms with Crippen LogP contribution < -0.4 is 10.6 Å². The van der Waals surface area contributed by atoms with Crippen LogP contribution in [0.5, 0.6) is 0 Å². The second kappa shape index (κ2) is 8.13. The molecule has 0 aliphatic rings. The van der Waals surface area contributed by atoms with Gasteiger partial charge in [0.15, 0.2) is 5.13 Å². The predicted octanol–water partition coefficient (Wildman–Crippen LogP) is 3.20. The van der Waals surface area contributed by atoms with Crippen molar-refractivity contribution in [2.45, 2.75) is 32.9 Å². The molecule has 0 saturated heterocycles. The van der Waals surface area contributed by atoms with Crippen LogP contribution >= 0.6 is 11.3 Å². The molecule has 0 aromatic carbocycles. The fraction of sp³-hybridized carbons (Fsp3) is 0.412. The lowest BCUT2D eigenvalue weighted by molar-refractivity contribution is 0.0635. The van der Waals surface area contributed by atoms with E-state index in [0.717, 1.165) is 4.88 Å². The monoisotopic (exact) mass is 377 g/mol. The highest BCUT2D eigenvalue weighted by Crippen LogP contribution is 2.20. The zero-order valence-corrected chi connectivity index (χ0v) is 16.3. The third kappa shape index (κ3) is 5.99. The van der Waals surface area contributed by atoms with Gasteiger partial charge < -0.3 is 15.0 Å². The summed E-state index contributed by atoms with van der Waals surface area (Å²) >= 11 is 1.33. The van der Waals surface area contributed by atoms with Gasteiger partial charge in [0.1, 0.15) is 11.4 Å². The highest BCUT2D eigenvalue weighted by atomic mass is 32.1. The number of pyridine rings is 1. The molecule has 2 heterocycles. The maximum absolute atomic E-state index is 12.0. The molecule has 0 aliphatic carbocycles. The van der Waals surface area contributed by atoms with E-state index in [2.05, 4.69) is 20.6 Å². The van der Waals surface area contributed by atoms with E-state index in [1.807, 2.05) is 0 Å². The lowest BCUT2D eigenvalue weighted by atomic mass is 10.2. The fourth-order valence-corrected chi connectivity index (χ4v) is 2.67. The molecule has 26 heavy (non-hydrogen) atoms. The van der Waals surface area contributed by atoms with E-state index in [-0.39, 0.29) is 5.91 Å². The number of carbonyl (C=O) groups is 2. The highest BCUT2D eigenvalue weighted by molar-refractivity contribution is 7.15. The van der Waals surface area contributed by atoms with Crippen molar-refractivity contribution in [1.82, 2.24) is 14.9 Å². The minimum absolute atomic E-state index is 0.0860. The molecule has 9 heteroatoms. The number of rotatable bonds is 5. The molecule has 2 aromatic heterocycles. The Balaban J connectivity index is 1.93. The first kappa shape index (κ1) is 19.6. The number of aromatic nitrogens is 2. The van der Waals surface area contributed by atoms with Gasteiger partial charge in [-0.25, -0.2) is 14.8 Å². The number of nitrogens with zero attached hydrogens (tertiary/aromatic N) is 3. The number of nitrogens with one attached hydrogen (secondary N) is 2. The highest BCUT2D eigenvalue weighted by Gasteiger charge is 2.17. The maximum atomic E-state index is 12.0. The van der Waals surface area contributed by atoms with Crippen molar-refractivity contribution in [2.24, 2.45) is 0 Å². The number of carbonyl (C=O) groups excluding carboxylic acids is 2. The predicted molar refractivity (Wildman–Crippen MR) is 102 cm³/mol. The summed E-state index contributed by atoms with van der Waals surface area (Å²) in [6.45, 7) is 5.87. The van der Waals surface area contributed by atoms with Gasteiger partial charge in [0.2, 0.25) is 0 Å². The van der Waals surface area contributed by atoms with Gasteiger partial charge in [0.25, 0.3) is 5.91 Å². The summed E-state index contributed by atoms with van der Waals surface area (Å²) in [6, 6.07) is 3.37. The number of ether oxygens (including phenoxy) is 1. The lowest BCUT2D eigenvalue weighted by Crippen LogP contribution is -2.27. The summed E-state index contributed by atoms with van der Waals surface area (Å²) in [4.78, 5) is 34.5. The van der Waals surface area contributed by atoms with Crippen molar-refractivity contribution < 1.29 is 14.3 Å². The van der Waals surface area contributed by atoms with Crippen molar-refractivity contribution >= 4 is 34.3 Å². The molecule has 0 unspecified atom stereocenters. The first-order valence-corrected chi connectivity index (χ1v) is 8.82. The molecular weight excluding hydrogens is 354 g/mol. The molecule has 0 aliphatic heterocycles. The average molecular weight is 377 g/mol. The van der Waals surface area contributed by atoms with Gasteiger partial charge in [-0.2, -0.15) is 0 Å². The largest absolute Gasteiger partial charge is 0.444 e. The van der Waals surface area contributed by atoms with Crippen LogP contribution in [0.2, 0.25) is 0 Å². The van der Waals surface area contributed by atoms with E-state index in [1.54, 1.807) is 59.4 Å². The van der Waals surface area contributed by atoms with E-state index in [1.165, 1.54) is 16.2 Å². The van der Waals surface area contributed by atoms with Crippen LogP contribution in [-0.4, -0.2) is 46.6 Å². The van der Waals surface area contributed by atoms with E-state index in [9.17, 15) is 9.59 Å². The number of hydrogen-bond acceptors (Lipinski definition) is 7. The summed E-state index contributed by atoms with van der Waals surface area (Å²) in [5.74, 6) is 0.504. The van der Waals surface area contributed by atoms with Crippen LogP contribution in [-0.2, 0) is 11.3 Å². The van der Waals surface area contributed by atoms with Crippen molar-refractivity contribution in [2.75, 3.05) is 24.7 Å². The molecule has 0 fully saturated rings. The summed E-state index contributed by atoms with van der Waals surface area (Å²) in [5, 5.41) is 6.21. The first-order chi connectivity index (χ1) is 12.1. The third-order valence-corrected chi connectivity index (χ3v) is 3.93. The fourth-order valence-electron chi connectivity index (χ4n) is 1.93. The summed E-state index contributed by atoms with van der Waals surface area (Å²) in [7, 11) is 3.40. The summed E-state index contributed by atoms with van der Waals surface area (Å²) in [5.41, 5.74) is -0.00375. The molecule has 0 radical (unpaired) electrons. The van der Waals surface area contributed by atoms with E-state index >= 15 is 0 Å². The average Bonchev–Trinajstić information content (AvgIpc) is 2.97. The van der Waals surface area contributed by atoms with Gasteiger partial charge in [-0.05, 0) is 32.9 Å². The number of amides is 2. The molecule has 140 valence electrons. The SMILES string of the molecule is CN(C)C(=O)c1ccnc(NCc2cnc(NC(=O)OC(C)(C)C)s2)c1. The zero-order chi connectivity index (χ0) is 19.3. The Morgan fingerprint density at radius 2 is 2.00 bits per heavy atom. The molecule has 0 bridgehead atoms. The Hall–Kier alpha value is -2.68. The second-order valence-corrected chi connectivity index (χ2v) is 7.86. The van der Waals surface area contributed by atoms with Crippen molar-refractivity contribution in [3.63, 3.8) is 0 Å². The quantitative estimate of drug-likeness (QED) is 0.831. The molecule has 0 spiro atoms. The minimum Gasteiger partial charge on any atom is -0.444 e. The molecular formula is C17H23N5O3S. The van der Waals surface area contributed by atoms with Gasteiger partial charge in [0.05, 0.1) is 6.54 Å². The van der Waals surface area contributed by atoms with E-state index < -0.39 is 11.7 Å². The molecule has 2 N–H and O–H groups in total. The van der Waals surface area contributed by atoms with Crippen molar-refractivity contribution in [3.05, 3.63) is 35.0 Å². The number of thiazole rings is 1. The second-order valence-electron chi connectivity index (χ2n) is 6.74. The Kier molecular flexibility index (Phi) is 6.14. The Morgan fingerprint density at radius 3 is 2.65 bits per heavy atom. The van der Waals surface area contributed by atoms with Crippen LogP contribution in [0.1, 0.15) is 36.0 Å². The Morgan fingerprint density at radius 1 is 1.27 bits per heavy atom. The van der Waals surface area contributed by atoms with Gasteiger partial charge in [0, 0.05) is 36.9 Å². The smallest absolute Gasteiger partial charge is 0.413 e. The molecule has 0 saturated carbocycles. The van der Waals surface area contributed by atoms with Crippen LogP contribution in [0.25, 0.3) is 0 Å². The topological polar surface area (TPSA) is 96.5 Å². The maximum Gasteiger partial charge on any atom is 0.413 e. The van der Waals surface area contributed by atoms with E-state index in [0.29, 0.717) is 23.1 Å². The van der Waals surface area contributed by atoms with Crippen molar-refractivity contribution in [1.29, 1.82) is 0 Å². The Labute approximate surface area is 156 Å². The number of anilines is 2. The molecule has 2 aromatic rings. The minimum atomic E-state index is -0.563. The van der Waals surface area contributed by atoms with Crippen molar-refractivity contribution in [3.8, 4) is 0 Å². The molecule has 2 amide bonds. The van der Waals surface area contributed by atoms with Crippen LogP contribution in [0.3, 0.4) is 0 Å². The molecule has 0 atom stereocenters. The lowest BCUT2D eigenvalue weighted by Gasteiger charge is -2.18. The van der Waals surface area contributed by atoms with Crippen LogP contribution in [0.4, 0.5) is 15.7 Å². The normalized spacial score (nSPS) is 11.0. The summed E-state index contributed by atoms with van der Waals surface area (Å²) in [6.07, 6.45) is 2.71. The first-order valence-electron chi connectivity index (χ1n) is 8.00.